The van der Waals surface area contributed by atoms with Crippen molar-refractivity contribution in [2.24, 2.45) is 0 Å². The zero-order valence-corrected chi connectivity index (χ0v) is 9.06. The van der Waals surface area contributed by atoms with E-state index in [0.717, 1.165) is 6.42 Å². The summed E-state index contributed by atoms with van der Waals surface area (Å²) in [6, 6.07) is 6.43. The molecule has 0 nitrogen and oxygen atoms in total. The minimum atomic E-state index is 1.10. The Morgan fingerprint density at radius 2 is 1.92 bits per heavy atom. The molecule has 0 N–H and O–H groups in total. The minimum absolute atomic E-state index is 1.10. The first-order chi connectivity index (χ1) is 5.74. The molecule has 1 heteroatoms. The maximum atomic E-state index is 4.00. The van der Waals surface area contributed by atoms with E-state index in [4.69, 9.17) is 0 Å². The number of hydrogen-bond acceptors (Lipinski definition) is 0. The summed E-state index contributed by atoms with van der Waals surface area (Å²) in [5.74, 6) is 0. The predicted octanol–water partition coefficient (Wildman–Crippen LogP) is 3.57. The first kappa shape index (κ1) is 11.3. The van der Waals surface area contributed by atoms with Crippen LogP contribution in [-0.4, -0.2) is 0 Å². The summed E-state index contributed by atoms with van der Waals surface area (Å²) in [4.78, 5) is 0. The van der Waals surface area contributed by atoms with E-state index in [9.17, 15) is 0 Å². The molecule has 12 heavy (non-hydrogen) atoms. The number of benzene rings is 1. The molecule has 64 valence electrons. The van der Waals surface area contributed by atoms with Crippen LogP contribution in [0.2, 0.25) is 0 Å². The molecule has 0 saturated heterocycles. The van der Waals surface area contributed by atoms with Gasteiger partial charge in [0.05, 0.1) is 0 Å². The first-order valence-corrected chi connectivity index (χ1v) is 4.61. The summed E-state index contributed by atoms with van der Waals surface area (Å²) < 4.78 is 1.22. The Balaban J connectivity index is 0.000000561. The van der Waals surface area contributed by atoms with Crippen LogP contribution < -0.4 is 0 Å². The lowest BCUT2D eigenvalue weighted by atomic mass is 10.1. The van der Waals surface area contributed by atoms with Crippen molar-refractivity contribution in [1.29, 1.82) is 0 Å². The van der Waals surface area contributed by atoms with Gasteiger partial charge in [-0.3, -0.25) is 0 Å². The van der Waals surface area contributed by atoms with Crippen LogP contribution in [0.3, 0.4) is 0 Å². The van der Waals surface area contributed by atoms with Crippen LogP contribution in [-0.2, 0) is 6.42 Å². The van der Waals surface area contributed by atoms with Crippen molar-refractivity contribution in [1.82, 2.24) is 0 Å². The molecule has 0 amide bonds. The highest BCUT2D eigenvalue weighted by Crippen LogP contribution is 2.17. The molecule has 1 aromatic rings. The third kappa shape index (κ3) is 3.11. The second-order valence-corrected chi connectivity index (χ2v) is 3.30. The second kappa shape index (κ2) is 5.85. The molecule has 0 bridgehead atoms. The molecule has 0 spiro atoms. The van der Waals surface area contributed by atoms with Crippen molar-refractivity contribution in [3.8, 4) is 12.8 Å². The van der Waals surface area contributed by atoms with Gasteiger partial charge in [-0.05, 0) is 25.0 Å². The lowest BCUT2D eigenvalue weighted by Crippen LogP contribution is -1.82. The van der Waals surface area contributed by atoms with Gasteiger partial charge in [0, 0.05) is 4.47 Å². The Morgan fingerprint density at radius 1 is 1.33 bits per heavy atom. The Kier molecular flexibility index (Phi) is 5.49. The number of hydrogen-bond donors (Lipinski definition) is 0. The highest BCUT2D eigenvalue weighted by atomic mass is 79.9. The number of rotatable bonds is 1. The summed E-state index contributed by atoms with van der Waals surface area (Å²) >= 11 is 3.49. The highest BCUT2D eigenvalue weighted by molar-refractivity contribution is 9.10. The first-order valence-electron chi connectivity index (χ1n) is 3.82. The average molecular weight is 225 g/mol. The Hall–Kier alpha value is -0.740. The molecular formula is C11H13Br. The largest absolute Gasteiger partial charge is 0.124 e. The van der Waals surface area contributed by atoms with Gasteiger partial charge >= 0.3 is 0 Å². The molecule has 0 aliphatic rings. The fourth-order valence-electron chi connectivity index (χ4n) is 0.974. The Morgan fingerprint density at radius 3 is 2.33 bits per heavy atom. The molecule has 0 fully saturated rings. The van der Waals surface area contributed by atoms with Crippen molar-refractivity contribution >= 4 is 15.9 Å². The minimum Gasteiger partial charge on any atom is -0.124 e. The van der Waals surface area contributed by atoms with Crippen molar-refractivity contribution in [2.75, 3.05) is 0 Å². The van der Waals surface area contributed by atoms with Gasteiger partial charge in [0.25, 0.3) is 0 Å². The quantitative estimate of drug-likeness (QED) is 0.641. The van der Waals surface area contributed by atoms with E-state index >= 15 is 0 Å². The Labute approximate surface area is 83.1 Å². The van der Waals surface area contributed by atoms with E-state index in [1.54, 1.807) is 0 Å². The highest BCUT2D eigenvalue weighted by Gasteiger charge is 1.95. The summed E-state index contributed by atoms with van der Waals surface area (Å²) in [6.07, 6.45) is 9.10. The monoisotopic (exact) mass is 224 g/mol. The third-order valence-corrected chi connectivity index (χ3v) is 2.36. The van der Waals surface area contributed by atoms with Gasteiger partial charge in [-0.15, -0.1) is 12.8 Å². The molecule has 1 rings (SSSR count). The van der Waals surface area contributed by atoms with Crippen molar-refractivity contribution in [2.45, 2.75) is 20.3 Å². The van der Waals surface area contributed by atoms with Gasteiger partial charge in [0.15, 0.2) is 0 Å². The van der Waals surface area contributed by atoms with Crippen molar-refractivity contribution in [3.63, 3.8) is 0 Å². The molecule has 0 radical (unpaired) electrons. The maximum Gasteiger partial charge on any atom is 0.0207 e. The maximum absolute atomic E-state index is 4.00. The van der Waals surface area contributed by atoms with Crippen LogP contribution >= 0.6 is 15.9 Å². The fourth-order valence-corrected chi connectivity index (χ4v) is 1.50. The molecule has 0 unspecified atom stereocenters. The van der Waals surface area contributed by atoms with E-state index in [0.29, 0.717) is 0 Å². The molecular weight excluding hydrogens is 212 g/mol. The SMILES string of the molecule is C#C.CCc1cc(C)ccc1Br. The molecule has 0 aliphatic heterocycles. The van der Waals surface area contributed by atoms with E-state index in [-0.39, 0.29) is 0 Å². The van der Waals surface area contributed by atoms with E-state index in [1.807, 2.05) is 0 Å². The third-order valence-electron chi connectivity index (χ3n) is 1.58. The molecule has 0 atom stereocenters. The van der Waals surface area contributed by atoms with Crippen LogP contribution in [0.1, 0.15) is 18.1 Å². The normalized spacial score (nSPS) is 8.42. The van der Waals surface area contributed by atoms with Gasteiger partial charge in [-0.25, -0.2) is 0 Å². The van der Waals surface area contributed by atoms with Crippen LogP contribution in [0.4, 0.5) is 0 Å². The van der Waals surface area contributed by atoms with Crippen molar-refractivity contribution < 1.29 is 0 Å². The van der Waals surface area contributed by atoms with Crippen LogP contribution in [0.25, 0.3) is 0 Å². The van der Waals surface area contributed by atoms with Crippen molar-refractivity contribution in [3.05, 3.63) is 33.8 Å². The summed E-state index contributed by atoms with van der Waals surface area (Å²) in [5.41, 5.74) is 2.72. The van der Waals surface area contributed by atoms with Gasteiger partial charge in [-0.1, -0.05) is 40.5 Å². The summed E-state index contributed by atoms with van der Waals surface area (Å²) in [6.45, 7) is 4.28. The average Bonchev–Trinajstić information content (AvgIpc) is 2.13. The smallest absolute Gasteiger partial charge is 0.0207 e. The molecule has 0 saturated carbocycles. The van der Waals surface area contributed by atoms with Gasteiger partial charge in [0.2, 0.25) is 0 Å². The van der Waals surface area contributed by atoms with E-state index in [1.165, 1.54) is 15.6 Å². The topological polar surface area (TPSA) is 0 Å². The van der Waals surface area contributed by atoms with Gasteiger partial charge in [0.1, 0.15) is 0 Å². The molecule has 0 heterocycles. The van der Waals surface area contributed by atoms with E-state index in [2.05, 4.69) is 60.8 Å². The fraction of sp³-hybridized carbons (Fsp3) is 0.273. The predicted molar refractivity (Wildman–Crippen MR) is 58.1 cm³/mol. The summed E-state index contributed by atoms with van der Waals surface area (Å²) in [7, 11) is 0. The van der Waals surface area contributed by atoms with Gasteiger partial charge in [-0.2, -0.15) is 0 Å². The second-order valence-electron chi connectivity index (χ2n) is 2.45. The molecule has 0 aliphatic carbocycles. The number of aryl methyl sites for hydroxylation is 2. The zero-order valence-electron chi connectivity index (χ0n) is 7.47. The van der Waals surface area contributed by atoms with Crippen LogP contribution in [0.5, 0.6) is 0 Å². The van der Waals surface area contributed by atoms with Gasteiger partial charge < -0.3 is 0 Å². The molecule has 1 aromatic carbocycles. The number of terminal acetylenes is 1. The van der Waals surface area contributed by atoms with E-state index < -0.39 is 0 Å². The Bertz CT molecular complexity index is 261. The zero-order chi connectivity index (χ0) is 9.56. The standard InChI is InChI=1S/C9H11Br.C2H2/c1-3-8-6-7(2)4-5-9(8)10;1-2/h4-6H,3H2,1-2H3;1-2H. The van der Waals surface area contributed by atoms with Crippen LogP contribution in [0.15, 0.2) is 22.7 Å². The number of halogens is 1. The lowest BCUT2D eigenvalue weighted by molar-refractivity contribution is 1.12. The molecule has 0 aromatic heterocycles. The summed E-state index contributed by atoms with van der Waals surface area (Å²) in [5, 5.41) is 0. The lowest BCUT2D eigenvalue weighted by Gasteiger charge is -2.00. The van der Waals surface area contributed by atoms with Crippen LogP contribution in [0, 0.1) is 19.8 Å².